The zero-order valence-electron chi connectivity index (χ0n) is 11.1. The number of H-pyrrole nitrogens is 1. The van der Waals surface area contributed by atoms with Gasteiger partial charge < -0.3 is 5.32 Å². The van der Waals surface area contributed by atoms with Gasteiger partial charge in [-0.05, 0) is 17.7 Å². The van der Waals surface area contributed by atoms with Gasteiger partial charge in [-0.1, -0.05) is 30.3 Å². The van der Waals surface area contributed by atoms with Gasteiger partial charge in [-0.25, -0.2) is 4.79 Å². The second-order valence-electron chi connectivity index (χ2n) is 4.39. The average molecular weight is 274 g/mol. The van der Waals surface area contributed by atoms with Crippen LogP contribution in [0.2, 0.25) is 0 Å². The summed E-state index contributed by atoms with van der Waals surface area (Å²) in [6.07, 6.45) is 0. The van der Waals surface area contributed by atoms with E-state index in [9.17, 15) is 14.5 Å². The Hall–Kier alpha value is -2.70. The van der Waals surface area contributed by atoms with Crippen molar-refractivity contribution >= 4 is 11.5 Å². The standard InChI is InChI=1S/C13H14N4O3/c1-8(9-6-4-3-5-7-9)14-11-10(16-20)12(18)17(2)13(19)15-11/h3-8,14H,1-2H3,(H,15,19)/t8-/m0/s1. The molecule has 0 aliphatic carbocycles. The Morgan fingerprint density at radius 1 is 1.25 bits per heavy atom. The van der Waals surface area contributed by atoms with Crippen LogP contribution in [0.5, 0.6) is 0 Å². The molecule has 0 bridgehead atoms. The van der Waals surface area contributed by atoms with Gasteiger partial charge in [-0.3, -0.25) is 14.3 Å². The molecule has 0 radical (unpaired) electrons. The maximum Gasteiger partial charge on any atom is 0.329 e. The highest BCUT2D eigenvalue weighted by molar-refractivity contribution is 5.59. The minimum absolute atomic E-state index is 0.0319. The number of nitrogens with one attached hydrogen (secondary N) is 2. The monoisotopic (exact) mass is 274 g/mol. The summed E-state index contributed by atoms with van der Waals surface area (Å²) in [6.45, 7) is 1.85. The predicted molar refractivity (Wildman–Crippen MR) is 76.2 cm³/mol. The fourth-order valence-electron chi connectivity index (χ4n) is 1.84. The van der Waals surface area contributed by atoms with Crippen molar-refractivity contribution in [1.82, 2.24) is 9.55 Å². The van der Waals surface area contributed by atoms with Crippen molar-refractivity contribution in [2.24, 2.45) is 12.2 Å². The lowest BCUT2D eigenvalue weighted by atomic mass is 10.1. The fraction of sp³-hybridized carbons (Fsp3) is 0.231. The van der Waals surface area contributed by atoms with Gasteiger partial charge >= 0.3 is 5.69 Å². The van der Waals surface area contributed by atoms with Crippen LogP contribution >= 0.6 is 0 Å². The molecule has 2 N–H and O–H groups in total. The van der Waals surface area contributed by atoms with E-state index in [-0.39, 0.29) is 17.5 Å². The molecule has 0 aliphatic heterocycles. The van der Waals surface area contributed by atoms with E-state index in [4.69, 9.17) is 0 Å². The van der Waals surface area contributed by atoms with Gasteiger partial charge in [0.1, 0.15) is 5.82 Å². The molecular weight excluding hydrogens is 260 g/mol. The van der Waals surface area contributed by atoms with Crippen LogP contribution in [0.3, 0.4) is 0 Å². The lowest BCUT2D eigenvalue weighted by Gasteiger charge is -2.16. The smallest absolute Gasteiger partial charge is 0.329 e. The largest absolute Gasteiger partial charge is 0.363 e. The minimum atomic E-state index is -0.730. The summed E-state index contributed by atoms with van der Waals surface area (Å²) in [6, 6.07) is 9.22. The third-order valence-electron chi connectivity index (χ3n) is 3.03. The zero-order chi connectivity index (χ0) is 14.7. The summed E-state index contributed by atoms with van der Waals surface area (Å²) in [4.78, 5) is 36.6. The zero-order valence-corrected chi connectivity index (χ0v) is 11.1. The molecule has 1 aromatic carbocycles. The highest BCUT2D eigenvalue weighted by atomic mass is 16.3. The van der Waals surface area contributed by atoms with E-state index >= 15 is 0 Å². The highest BCUT2D eigenvalue weighted by Gasteiger charge is 2.15. The molecule has 0 saturated heterocycles. The van der Waals surface area contributed by atoms with E-state index in [2.05, 4.69) is 15.5 Å². The SMILES string of the molecule is C[C@H](Nc1[nH]c(=O)n(C)c(=O)c1N=O)c1ccccc1. The predicted octanol–water partition coefficient (Wildman–Crippen LogP) is 1.64. The van der Waals surface area contributed by atoms with Gasteiger partial charge in [0.2, 0.25) is 5.69 Å². The second-order valence-corrected chi connectivity index (χ2v) is 4.39. The third-order valence-corrected chi connectivity index (χ3v) is 3.03. The number of aromatic amines is 1. The van der Waals surface area contributed by atoms with Gasteiger partial charge in [0.15, 0.2) is 0 Å². The number of anilines is 1. The number of hydrogen-bond acceptors (Lipinski definition) is 5. The Morgan fingerprint density at radius 3 is 2.50 bits per heavy atom. The fourth-order valence-corrected chi connectivity index (χ4v) is 1.84. The number of rotatable bonds is 4. The van der Waals surface area contributed by atoms with Crippen molar-refractivity contribution in [2.75, 3.05) is 5.32 Å². The summed E-state index contributed by atoms with van der Waals surface area (Å²) in [5.41, 5.74) is -0.725. The summed E-state index contributed by atoms with van der Waals surface area (Å²) in [7, 11) is 1.28. The van der Waals surface area contributed by atoms with Crippen LogP contribution in [-0.2, 0) is 7.05 Å². The molecule has 7 heteroatoms. The molecule has 20 heavy (non-hydrogen) atoms. The van der Waals surface area contributed by atoms with Crippen molar-refractivity contribution < 1.29 is 0 Å². The normalized spacial score (nSPS) is 11.9. The van der Waals surface area contributed by atoms with E-state index in [1.807, 2.05) is 37.3 Å². The summed E-state index contributed by atoms with van der Waals surface area (Å²) in [5.74, 6) is 0.0319. The van der Waals surface area contributed by atoms with Crippen molar-refractivity contribution in [2.45, 2.75) is 13.0 Å². The molecular formula is C13H14N4O3. The Bertz CT molecular complexity index is 734. The highest BCUT2D eigenvalue weighted by Crippen LogP contribution is 2.22. The van der Waals surface area contributed by atoms with Crippen molar-refractivity contribution in [1.29, 1.82) is 0 Å². The molecule has 0 spiro atoms. The Kier molecular flexibility index (Phi) is 3.79. The van der Waals surface area contributed by atoms with E-state index in [1.54, 1.807) is 0 Å². The first-order valence-electron chi connectivity index (χ1n) is 6.02. The molecule has 2 rings (SSSR count). The van der Waals surface area contributed by atoms with Crippen LogP contribution in [0.15, 0.2) is 45.1 Å². The summed E-state index contributed by atoms with van der Waals surface area (Å²) in [5, 5.41) is 5.63. The molecule has 104 valence electrons. The van der Waals surface area contributed by atoms with E-state index < -0.39 is 11.2 Å². The molecule has 0 unspecified atom stereocenters. The number of benzene rings is 1. The lowest BCUT2D eigenvalue weighted by Crippen LogP contribution is -2.33. The van der Waals surface area contributed by atoms with Gasteiger partial charge in [0, 0.05) is 13.1 Å². The van der Waals surface area contributed by atoms with Crippen molar-refractivity contribution in [3.8, 4) is 0 Å². The van der Waals surface area contributed by atoms with Crippen LogP contribution in [-0.4, -0.2) is 9.55 Å². The topological polar surface area (TPSA) is 96.3 Å². The quantitative estimate of drug-likeness (QED) is 0.828. The average Bonchev–Trinajstić information content (AvgIpc) is 2.46. The van der Waals surface area contributed by atoms with Crippen molar-refractivity contribution in [3.05, 3.63) is 61.6 Å². The van der Waals surface area contributed by atoms with Crippen LogP contribution < -0.4 is 16.6 Å². The molecule has 1 atom stereocenters. The molecule has 1 heterocycles. The van der Waals surface area contributed by atoms with Gasteiger partial charge in [-0.2, -0.15) is 0 Å². The van der Waals surface area contributed by atoms with E-state index in [1.165, 1.54) is 7.05 Å². The van der Waals surface area contributed by atoms with Crippen molar-refractivity contribution in [3.63, 3.8) is 0 Å². The number of aromatic nitrogens is 2. The molecule has 7 nitrogen and oxygen atoms in total. The first kappa shape index (κ1) is 13.7. The number of nitroso groups, excluding NO2 is 1. The minimum Gasteiger partial charge on any atom is -0.363 e. The van der Waals surface area contributed by atoms with Crippen LogP contribution in [0.25, 0.3) is 0 Å². The third kappa shape index (κ3) is 2.51. The maximum absolute atomic E-state index is 11.8. The maximum atomic E-state index is 11.8. The van der Waals surface area contributed by atoms with Crippen LogP contribution in [0.4, 0.5) is 11.5 Å². The van der Waals surface area contributed by atoms with E-state index in [0.717, 1.165) is 10.1 Å². The molecule has 0 amide bonds. The van der Waals surface area contributed by atoms with E-state index in [0.29, 0.717) is 0 Å². The number of hydrogen-bond donors (Lipinski definition) is 2. The van der Waals surface area contributed by atoms with Crippen LogP contribution in [0, 0.1) is 4.91 Å². The summed E-state index contributed by atoms with van der Waals surface area (Å²) < 4.78 is 0.801. The lowest BCUT2D eigenvalue weighted by molar-refractivity contribution is 0.768. The molecule has 0 fully saturated rings. The summed E-state index contributed by atoms with van der Waals surface area (Å²) >= 11 is 0. The second kappa shape index (κ2) is 5.52. The first-order chi connectivity index (χ1) is 9.54. The molecule has 0 aliphatic rings. The number of nitrogens with zero attached hydrogens (tertiary/aromatic N) is 2. The Labute approximate surface area is 114 Å². The Morgan fingerprint density at radius 2 is 1.90 bits per heavy atom. The first-order valence-corrected chi connectivity index (χ1v) is 6.02. The Balaban J connectivity index is 2.42. The molecule has 0 saturated carbocycles. The van der Waals surface area contributed by atoms with Crippen LogP contribution in [0.1, 0.15) is 18.5 Å². The van der Waals surface area contributed by atoms with Gasteiger partial charge in [-0.15, -0.1) is 4.91 Å². The molecule has 2 aromatic rings. The van der Waals surface area contributed by atoms with Gasteiger partial charge in [0.25, 0.3) is 5.56 Å². The molecule has 1 aromatic heterocycles. The van der Waals surface area contributed by atoms with Gasteiger partial charge in [0.05, 0.1) is 0 Å².